The third kappa shape index (κ3) is 3.93. The molecule has 1 rings (SSSR count). The average molecular weight is 323 g/mol. The van der Waals surface area contributed by atoms with E-state index in [-0.39, 0.29) is 13.2 Å². The van der Waals surface area contributed by atoms with Crippen LogP contribution in [0.4, 0.5) is 0 Å². The number of rotatable bonds is 6. The highest BCUT2D eigenvalue weighted by molar-refractivity contribution is 9.10. The van der Waals surface area contributed by atoms with Crippen LogP contribution in [0, 0.1) is 0 Å². The molecule has 0 aliphatic carbocycles. The Bertz CT molecular complexity index is 361. The van der Waals surface area contributed by atoms with Crippen molar-refractivity contribution in [1.29, 1.82) is 0 Å². The molecule has 0 atom stereocenters. The van der Waals surface area contributed by atoms with Gasteiger partial charge in [0.05, 0.1) is 18.8 Å². The predicted molar refractivity (Wildman–Crippen MR) is 73.2 cm³/mol. The Kier molecular flexibility index (Phi) is 5.89. The fourth-order valence-electron chi connectivity index (χ4n) is 1.47. The summed E-state index contributed by atoms with van der Waals surface area (Å²) in [5.41, 5.74) is 0.284. The van der Waals surface area contributed by atoms with Gasteiger partial charge in [0.2, 0.25) is 0 Å². The van der Waals surface area contributed by atoms with Crippen LogP contribution >= 0.6 is 27.5 Å². The minimum atomic E-state index is -0.647. The Morgan fingerprint density at radius 1 is 1.35 bits per heavy atom. The van der Waals surface area contributed by atoms with E-state index >= 15 is 0 Å². The van der Waals surface area contributed by atoms with Gasteiger partial charge in [0.1, 0.15) is 0 Å². The number of hydrogen-bond acceptors (Lipinski definition) is 3. The number of aliphatic hydroxyl groups is 2. The number of aliphatic hydroxyl groups excluding tert-OH is 2. The minimum Gasteiger partial charge on any atom is -0.394 e. The summed E-state index contributed by atoms with van der Waals surface area (Å²) in [5, 5.41) is 22.5. The highest BCUT2D eigenvalue weighted by Crippen LogP contribution is 2.21. The molecule has 0 unspecified atom stereocenters. The average Bonchev–Trinajstić information content (AvgIpc) is 2.35. The smallest absolute Gasteiger partial charge is 0.0648 e. The third-order valence-electron chi connectivity index (χ3n) is 2.94. The van der Waals surface area contributed by atoms with E-state index in [2.05, 4.69) is 21.2 Å². The van der Waals surface area contributed by atoms with E-state index in [1.54, 1.807) is 0 Å². The Morgan fingerprint density at radius 2 is 2.00 bits per heavy atom. The lowest BCUT2D eigenvalue weighted by atomic mass is 9.98. The van der Waals surface area contributed by atoms with Gasteiger partial charge in [0.15, 0.2) is 0 Å². The number of nitrogens with one attached hydrogen (secondary N) is 1. The van der Waals surface area contributed by atoms with Gasteiger partial charge in [0, 0.05) is 16.0 Å². The van der Waals surface area contributed by atoms with Crippen molar-refractivity contribution in [3.8, 4) is 0 Å². The molecule has 3 nitrogen and oxygen atoms in total. The molecule has 0 spiro atoms. The number of benzene rings is 1. The zero-order chi connectivity index (χ0) is 12.9. The molecule has 1 aromatic carbocycles. The molecule has 0 aromatic heterocycles. The highest BCUT2D eigenvalue weighted by Gasteiger charge is 2.25. The van der Waals surface area contributed by atoms with Gasteiger partial charge in [0.25, 0.3) is 0 Å². The van der Waals surface area contributed by atoms with Crippen LogP contribution in [-0.2, 0) is 6.54 Å². The van der Waals surface area contributed by atoms with Gasteiger partial charge in [-0.1, -0.05) is 34.5 Å². The molecule has 0 bridgehead atoms. The second-order valence-electron chi connectivity index (χ2n) is 4.04. The minimum absolute atomic E-state index is 0.106. The van der Waals surface area contributed by atoms with E-state index in [4.69, 9.17) is 11.6 Å². The molecule has 0 heterocycles. The summed E-state index contributed by atoms with van der Waals surface area (Å²) < 4.78 is 0.953. The van der Waals surface area contributed by atoms with E-state index < -0.39 is 5.54 Å². The molecule has 96 valence electrons. The molecular weight excluding hydrogens is 305 g/mol. The van der Waals surface area contributed by atoms with E-state index in [1.165, 1.54) is 0 Å². The number of hydrogen-bond donors (Lipinski definition) is 3. The molecule has 0 amide bonds. The van der Waals surface area contributed by atoms with Crippen molar-refractivity contribution in [2.45, 2.75) is 25.4 Å². The van der Waals surface area contributed by atoms with Crippen molar-refractivity contribution in [2.24, 2.45) is 0 Å². The molecule has 0 aliphatic rings. The van der Waals surface area contributed by atoms with Crippen LogP contribution in [-0.4, -0.2) is 29.0 Å². The van der Waals surface area contributed by atoms with Crippen molar-refractivity contribution in [1.82, 2.24) is 5.32 Å². The Labute approximate surface area is 115 Å². The van der Waals surface area contributed by atoms with Crippen molar-refractivity contribution in [3.05, 3.63) is 33.3 Å². The normalized spacial score (nSPS) is 11.8. The zero-order valence-electron chi connectivity index (χ0n) is 9.71. The van der Waals surface area contributed by atoms with Gasteiger partial charge in [-0.2, -0.15) is 0 Å². The summed E-state index contributed by atoms with van der Waals surface area (Å²) in [7, 11) is 0. The molecule has 0 aliphatic heterocycles. The Morgan fingerprint density at radius 3 is 2.53 bits per heavy atom. The van der Waals surface area contributed by atoms with Crippen LogP contribution in [0.2, 0.25) is 5.02 Å². The van der Waals surface area contributed by atoms with Gasteiger partial charge < -0.3 is 15.5 Å². The van der Waals surface area contributed by atoms with Crippen LogP contribution in [0.15, 0.2) is 22.7 Å². The first-order valence-electron chi connectivity index (χ1n) is 5.47. The van der Waals surface area contributed by atoms with Gasteiger partial charge in [-0.25, -0.2) is 0 Å². The highest BCUT2D eigenvalue weighted by atomic mass is 79.9. The topological polar surface area (TPSA) is 52.5 Å². The molecule has 1 aromatic rings. The van der Waals surface area contributed by atoms with Crippen LogP contribution in [0.25, 0.3) is 0 Å². The monoisotopic (exact) mass is 321 g/mol. The standard InChI is InChI=1S/C12H17BrClNO2/c1-2-12(7-16,8-17)15-6-9-5-10(13)3-4-11(9)14/h3-5,15-17H,2,6-8H2,1H3. The molecular formula is C12H17BrClNO2. The summed E-state index contributed by atoms with van der Waals surface area (Å²) in [6.45, 7) is 2.21. The lowest BCUT2D eigenvalue weighted by Gasteiger charge is -2.30. The second-order valence-corrected chi connectivity index (χ2v) is 5.36. The quantitative estimate of drug-likeness (QED) is 0.753. The first-order chi connectivity index (χ1) is 8.06. The van der Waals surface area contributed by atoms with E-state index in [0.29, 0.717) is 18.0 Å². The molecule has 3 N–H and O–H groups in total. The van der Waals surface area contributed by atoms with Crippen molar-refractivity contribution >= 4 is 27.5 Å². The van der Waals surface area contributed by atoms with Crippen molar-refractivity contribution in [3.63, 3.8) is 0 Å². The first kappa shape index (κ1) is 14.9. The predicted octanol–water partition coefficient (Wildman–Crippen LogP) is 2.33. The maximum absolute atomic E-state index is 9.31. The van der Waals surface area contributed by atoms with Crippen molar-refractivity contribution < 1.29 is 10.2 Å². The summed E-state index contributed by atoms with van der Waals surface area (Å²) in [6, 6.07) is 5.61. The van der Waals surface area contributed by atoms with Gasteiger partial charge in [-0.3, -0.25) is 0 Å². The summed E-state index contributed by atoms with van der Waals surface area (Å²) >= 11 is 9.45. The van der Waals surface area contributed by atoms with Crippen LogP contribution < -0.4 is 5.32 Å². The van der Waals surface area contributed by atoms with Crippen molar-refractivity contribution in [2.75, 3.05) is 13.2 Å². The fourth-order valence-corrected chi connectivity index (χ4v) is 2.06. The van der Waals surface area contributed by atoms with E-state index in [9.17, 15) is 10.2 Å². The first-order valence-corrected chi connectivity index (χ1v) is 6.64. The molecule has 0 radical (unpaired) electrons. The SMILES string of the molecule is CCC(CO)(CO)NCc1cc(Br)ccc1Cl. The second kappa shape index (κ2) is 6.71. The van der Waals surface area contributed by atoms with Gasteiger partial charge in [-0.05, 0) is 30.2 Å². The fraction of sp³-hybridized carbons (Fsp3) is 0.500. The van der Waals surface area contributed by atoms with Crippen LogP contribution in [0.1, 0.15) is 18.9 Å². The number of halogens is 2. The van der Waals surface area contributed by atoms with Gasteiger partial charge in [-0.15, -0.1) is 0 Å². The Balaban J connectivity index is 2.75. The van der Waals surface area contributed by atoms with Crippen LogP contribution in [0.3, 0.4) is 0 Å². The summed E-state index contributed by atoms with van der Waals surface area (Å²) in [4.78, 5) is 0. The summed E-state index contributed by atoms with van der Waals surface area (Å²) in [6.07, 6.45) is 0.644. The molecule has 0 saturated heterocycles. The molecule has 5 heteroatoms. The Hall–Kier alpha value is -0.130. The van der Waals surface area contributed by atoms with Crippen LogP contribution in [0.5, 0.6) is 0 Å². The van der Waals surface area contributed by atoms with E-state index in [1.807, 2.05) is 25.1 Å². The van der Waals surface area contributed by atoms with E-state index in [0.717, 1.165) is 10.0 Å². The maximum atomic E-state index is 9.31. The lowest BCUT2D eigenvalue weighted by Crippen LogP contribution is -2.50. The lowest BCUT2D eigenvalue weighted by molar-refractivity contribution is 0.0864. The molecule has 17 heavy (non-hydrogen) atoms. The zero-order valence-corrected chi connectivity index (χ0v) is 12.1. The third-order valence-corrected chi connectivity index (χ3v) is 3.81. The summed E-state index contributed by atoms with van der Waals surface area (Å²) in [5.74, 6) is 0. The maximum Gasteiger partial charge on any atom is 0.0648 e. The molecule has 0 saturated carbocycles. The molecule has 0 fully saturated rings. The largest absolute Gasteiger partial charge is 0.394 e. The van der Waals surface area contributed by atoms with Gasteiger partial charge >= 0.3 is 0 Å².